The Morgan fingerprint density at radius 1 is 1.03 bits per heavy atom. The van der Waals surface area contributed by atoms with Crippen molar-refractivity contribution in [1.82, 2.24) is 14.9 Å². The van der Waals surface area contributed by atoms with Crippen molar-refractivity contribution in [1.29, 1.82) is 0 Å². The molecule has 8 heteroatoms. The largest absolute Gasteiger partial charge is 0.416 e. The van der Waals surface area contributed by atoms with Crippen molar-refractivity contribution in [2.75, 3.05) is 31.1 Å². The summed E-state index contributed by atoms with van der Waals surface area (Å²) in [6.45, 7) is 4.38. The van der Waals surface area contributed by atoms with Crippen LogP contribution in [-0.2, 0) is 11.0 Å². The molecule has 1 saturated carbocycles. The van der Waals surface area contributed by atoms with Crippen LogP contribution < -0.4 is 4.90 Å². The Morgan fingerprint density at radius 3 is 2.40 bits per heavy atom. The molecule has 5 nitrogen and oxygen atoms in total. The van der Waals surface area contributed by atoms with Crippen LogP contribution in [0.3, 0.4) is 0 Å². The van der Waals surface area contributed by atoms with E-state index in [4.69, 9.17) is 0 Å². The van der Waals surface area contributed by atoms with Gasteiger partial charge in [-0.3, -0.25) is 4.79 Å². The number of hydrogen-bond acceptors (Lipinski definition) is 4. The highest BCUT2D eigenvalue weighted by Crippen LogP contribution is 2.32. The molecule has 1 aliphatic carbocycles. The molecule has 30 heavy (non-hydrogen) atoms. The van der Waals surface area contributed by atoms with Crippen molar-refractivity contribution in [2.24, 2.45) is 5.92 Å². The molecule has 0 radical (unpaired) electrons. The van der Waals surface area contributed by atoms with Crippen molar-refractivity contribution >= 4 is 11.7 Å². The van der Waals surface area contributed by atoms with Crippen LogP contribution >= 0.6 is 0 Å². The molecule has 0 N–H and O–H groups in total. The van der Waals surface area contributed by atoms with Gasteiger partial charge in [0.05, 0.1) is 5.56 Å². The van der Waals surface area contributed by atoms with Gasteiger partial charge >= 0.3 is 6.18 Å². The van der Waals surface area contributed by atoms with Crippen LogP contribution in [0.5, 0.6) is 0 Å². The maximum absolute atomic E-state index is 13.1. The van der Waals surface area contributed by atoms with Crippen LogP contribution in [0.1, 0.15) is 36.9 Å². The van der Waals surface area contributed by atoms with Gasteiger partial charge in [-0.25, -0.2) is 9.97 Å². The van der Waals surface area contributed by atoms with E-state index in [9.17, 15) is 18.0 Å². The summed E-state index contributed by atoms with van der Waals surface area (Å²) >= 11 is 0. The predicted molar refractivity (Wildman–Crippen MR) is 108 cm³/mol. The predicted octanol–water partition coefficient (Wildman–Crippen LogP) is 4.31. The number of amides is 1. The molecule has 0 atom stereocenters. The van der Waals surface area contributed by atoms with Gasteiger partial charge in [-0.15, -0.1) is 0 Å². The zero-order valence-electron chi connectivity index (χ0n) is 17.0. The summed E-state index contributed by atoms with van der Waals surface area (Å²) < 4.78 is 39.2. The second-order valence-corrected chi connectivity index (χ2v) is 8.06. The number of aryl methyl sites for hydroxylation is 1. The van der Waals surface area contributed by atoms with Gasteiger partial charge in [-0.2, -0.15) is 13.2 Å². The molecule has 0 unspecified atom stereocenters. The first-order valence-corrected chi connectivity index (χ1v) is 10.4. The monoisotopic (exact) mass is 418 g/mol. The van der Waals surface area contributed by atoms with E-state index in [0.29, 0.717) is 43.3 Å². The molecule has 2 fully saturated rings. The Bertz CT molecular complexity index is 917. The topological polar surface area (TPSA) is 49.3 Å². The zero-order valence-corrected chi connectivity index (χ0v) is 17.0. The first kappa shape index (κ1) is 20.6. The van der Waals surface area contributed by atoms with E-state index >= 15 is 0 Å². The fourth-order valence-corrected chi connectivity index (χ4v) is 4.26. The number of piperazine rings is 1. The number of nitrogens with zero attached hydrogens (tertiary/aromatic N) is 4. The standard InChI is InChI=1S/C22H25F3N4O/c1-15-13-19(27-20(26-15)17-7-4-8-18(14-17)22(23,24)25)28-9-11-29(12-10-28)21(30)16-5-2-3-6-16/h4,7-8,13-14,16H,2-3,5-6,9-12H2,1H3. The number of benzene rings is 1. The third-order valence-electron chi connectivity index (χ3n) is 5.91. The minimum atomic E-state index is -4.41. The third kappa shape index (κ3) is 4.42. The number of aromatic nitrogens is 2. The highest BCUT2D eigenvalue weighted by atomic mass is 19.4. The van der Waals surface area contributed by atoms with Crippen molar-refractivity contribution in [2.45, 2.75) is 38.8 Å². The second kappa shape index (κ2) is 8.24. The molecule has 1 amide bonds. The van der Waals surface area contributed by atoms with E-state index in [1.54, 1.807) is 6.07 Å². The molecular weight excluding hydrogens is 393 g/mol. The number of anilines is 1. The summed E-state index contributed by atoms with van der Waals surface area (Å²) in [5.41, 5.74) is 0.312. The molecule has 1 aromatic heterocycles. The number of halogens is 3. The van der Waals surface area contributed by atoms with Crippen LogP contribution in [0.15, 0.2) is 30.3 Å². The Labute approximate surface area is 173 Å². The van der Waals surface area contributed by atoms with Gasteiger partial charge in [0.1, 0.15) is 5.82 Å². The highest BCUT2D eigenvalue weighted by Gasteiger charge is 2.31. The average Bonchev–Trinajstić information content (AvgIpc) is 3.27. The first-order valence-electron chi connectivity index (χ1n) is 10.4. The number of alkyl halides is 3. The molecule has 1 aliphatic heterocycles. The van der Waals surface area contributed by atoms with Gasteiger partial charge in [0.25, 0.3) is 0 Å². The Kier molecular flexibility index (Phi) is 5.66. The maximum Gasteiger partial charge on any atom is 0.416 e. The average molecular weight is 418 g/mol. The van der Waals surface area contributed by atoms with Crippen LogP contribution in [0.25, 0.3) is 11.4 Å². The second-order valence-electron chi connectivity index (χ2n) is 8.06. The van der Waals surface area contributed by atoms with Crippen molar-refractivity contribution in [3.05, 3.63) is 41.6 Å². The molecule has 1 saturated heterocycles. The van der Waals surface area contributed by atoms with Gasteiger partial charge in [-0.05, 0) is 31.9 Å². The van der Waals surface area contributed by atoms with Gasteiger partial charge < -0.3 is 9.80 Å². The van der Waals surface area contributed by atoms with Crippen molar-refractivity contribution in [3.8, 4) is 11.4 Å². The Hall–Kier alpha value is -2.64. The van der Waals surface area contributed by atoms with E-state index in [1.807, 2.05) is 17.9 Å². The normalized spacial score (nSPS) is 18.1. The molecule has 0 bridgehead atoms. The lowest BCUT2D eigenvalue weighted by atomic mass is 10.1. The zero-order chi connectivity index (χ0) is 21.3. The van der Waals surface area contributed by atoms with E-state index in [0.717, 1.165) is 37.8 Å². The van der Waals surface area contributed by atoms with E-state index in [1.165, 1.54) is 6.07 Å². The Morgan fingerprint density at radius 2 is 1.73 bits per heavy atom. The minimum Gasteiger partial charge on any atom is -0.353 e. The van der Waals surface area contributed by atoms with Crippen molar-refractivity contribution < 1.29 is 18.0 Å². The van der Waals surface area contributed by atoms with E-state index in [-0.39, 0.29) is 17.6 Å². The molecular formula is C22H25F3N4O. The minimum absolute atomic E-state index is 0.172. The molecule has 2 heterocycles. The molecule has 0 spiro atoms. The van der Waals surface area contributed by atoms with Crippen LogP contribution in [0.2, 0.25) is 0 Å². The summed E-state index contributed by atoms with van der Waals surface area (Å²) in [5.74, 6) is 1.39. The lowest BCUT2D eigenvalue weighted by molar-refractivity contribution is -0.137. The quantitative estimate of drug-likeness (QED) is 0.745. The molecule has 2 aliphatic rings. The molecule has 1 aromatic carbocycles. The number of rotatable bonds is 3. The van der Waals surface area contributed by atoms with Gasteiger partial charge in [-0.1, -0.05) is 25.0 Å². The Balaban J connectivity index is 1.50. The van der Waals surface area contributed by atoms with Gasteiger partial charge in [0, 0.05) is 49.4 Å². The SMILES string of the molecule is Cc1cc(N2CCN(C(=O)C3CCCC3)CC2)nc(-c2cccc(C(F)(F)F)c2)n1. The molecule has 160 valence electrons. The summed E-state index contributed by atoms with van der Waals surface area (Å²) in [4.78, 5) is 25.5. The highest BCUT2D eigenvalue weighted by molar-refractivity contribution is 5.79. The lowest BCUT2D eigenvalue weighted by Crippen LogP contribution is -2.50. The number of hydrogen-bond donors (Lipinski definition) is 0. The fraction of sp³-hybridized carbons (Fsp3) is 0.500. The summed E-state index contributed by atoms with van der Waals surface area (Å²) in [7, 11) is 0. The smallest absolute Gasteiger partial charge is 0.353 e. The lowest BCUT2D eigenvalue weighted by Gasteiger charge is -2.36. The summed E-state index contributed by atoms with van der Waals surface area (Å²) in [5, 5.41) is 0. The van der Waals surface area contributed by atoms with Crippen LogP contribution in [-0.4, -0.2) is 47.0 Å². The van der Waals surface area contributed by atoms with E-state index in [2.05, 4.69) is 14.9 Å². The molecule has 2 aromatic rings. The maximum atomic E-state index is 13.1. The van der Waals surface area contributed by atoms with Crippen LogP contribution in [0, 0.1) is 12.8 Å². The van der Waals surface area contributed by atoms with Gasteiger partial charge in [0.2, 0.25) is 5.91 Å². The number of carbonyl (C=O) groups is 1. The van der Waals surface area contributed by atoms with Crippen molar-refractivity contribution in [3.63, 3.8) is 0 Å². The summed E-state index contributed by atoms with van der Waals surface area (Å²) in [6, 6.07) is 6.92. The van der Waals surface area contributed by atoms with Gasteiger partial charge in [0.15, 0.2) is 5.82 Å². The summed E-state index contributed by atoms with van der Waals surface area (Å²) in [6.07, 6.45) is -0.163. The fourth-order valence-electron chi connectivity index (χ4n) is 4.26. The first-order chi connectivity index (χ1) is 14.3. The van der Waals surface area contributed by atoms with E-state index < -0.39 is 11.7 Å². The van der Waals surface area contributed by atoms with Crippen LogP contribution in [0.4, 0.5) is 19.0 Å². The number of carbonyl (C=O) groups excluding carboxylic acids is 1. The third-order valence-corrected chi connectivity index (χ3v) is 5.91. The molecule has 4 rings (SSSR count).